The Hall–Kier alpha value is -2.35. The molecule has 1 aromatic heterocycles. The lowest BCUT2D eigenvalue weighted by molar-refractivity contribution is -0.137. The summed E-state index contributed by atoms with van der Waals surface area (Å²) in [5.41, 5.74) is -0.0215. The molecule has 28 heavy (non-hydrogen) atoms. The number of aryl methyl sites for hydroxylation is 1. The van der Waals surface area contributed by atoms with E-state index in [1.165, 1.54) is 12.1 Å². The number of nitrogens with one attached hydrogen (secondary N) is 1. The average Bonchev–Trinajstić information content (AvgIpc) is 3.29. The van der Waals surface area contributed by atoms with E-state index in [-0.39, 0.29) is 11.9 Å². The van der Waals surface area contributed by atoms with E-state index in [0.29, 0.717) is 25.1 Å². The summed E-state index contributed by atoms with van der Waals surface area (Å²) < 4.78 is 40.3. The van der Waals surface area contributed by atoms with Gasteiger partial charge in [0.2, 0.25) is 5.91 Å². The Morgan fingerprint density at radius 2 is 2.11 bits per heavy atom. The van der Waals surface area contributed by atoms with Crippen LogP contribution >= 0.6 is 0 Å². The van der Waals surface area contributed by atoms with Gasteiger partial charge < -0.3 is 14.8 Å². The Labute approximate surface area is 162 Å². The monoisotopic (exact) mass is 394 g/mol. The van der Waals surface area contributed by atoms with Crippen LogP contribution in [-0.4, -0.2) is 39.5 Å². The van der Waals surface area contributed by atoms with Gasteiger partial charge in [-0.3, -0.25) is 4.79 Å². The molecule has 1 N–H and O–H groups in total. The molecule has 1 unspecified atom stereocenters. The molecule has 3 rings (SSSR count). The Kier molecular flexibility index (Phi) is 6.72. The second-order valence-corrected chi connectivity index (χ2v) is 7.10. The van der Waals surface area contributed by atoms with Crippen LogP contribution in [0, 0.1) is 0 Å². The lowest BCUT2D eigenvalue weighted by atomic mass is 10.1. The summed E-state index contributed by atoms with van der Waals surface area (Å²) in [4.78, 5) is 18.1. The number of carbonyl (C=O) groups excluding carboxylic acids is 1. The molecule has 1 atom stereocenters. The molecular formula is C20H25F3N4O. The van der Waals surface area contributed by atoms with Crippen LogP contribution in [0.4, 0.5) is 13.2 Å². The summed E-state index contributed by atoms with van der Waals surface area (Å²) >= 11 is 0. The summed E-state index contributed by atoms with van der Waals surface area (Å²) in [6.07, 6.45) is 4.17. The molecule has 2 aromatic rings. The number of halogens is 3. The van der Waals surface area contributed by atoms with Gasteiger partial charge in [0.25, 0.3) is 0 Å². The van der Waals surface area contributed by atoms with Crippen LogP contribution in [0.2, 0.25) is 0 Å². The van der Waals surface area contributed by atoms with Crippen LogP contribution in [-0.2, 0) is 24.1 Å². The zero-order chi connectivity index (χ0) is 20.0. The van der Waals surface area contributed by atoms with E-state index >= 15 is 0 Å². The predicted molar refractivity (Wildman–Crippen MR) is 99.3 cm³/mol. The average molecular weight is 394 g/mol. The first-order valence-electron chi connectivity index (χ1n) is 9.55. The van der Waals surface area contributed by atoms with E-state index in [9.17, 15) is 18.0 Å². The number of nitrogens with zero attached hydrogens (tertiary/aromatic N) is 3. The van der Waals surface area contributed by atoms with Crippen LogP contribution in [0.5, 0.6) is 0 Å². The summed E-state index contributed by atoms with van der Waals surface area (Å²) in [5, 5.41) is 3.20. The topological polar surface area (TPSA) is 50.2 Å². The number of aromatic nitrogens is 2. The van der Waals surface area contributed by atoms with Crippen LogP contribution in [0.25, 0.3) is 0 Å². The normalized spacial score (nSPS) is 17.5. The first kappa shape index (κ1) is 20.4. The minimum absolute atomic E-state index is 0.188. The number of amides is 1. The van der Waals surface area contributed by atoms with E-state index in [2.05, 4.69) is 10.3 Å². The number of likely N-dealkylation sites (tertiary alicyclic amines) is 1. The summed E-state index contributed by atoms with van der Waals surface area (Å²) in [6, 6.07) is 5.56. The highest BCUT2D eigenvalue weighted by molar-refractivity contribution is 5.78. The van der Waals surface area contributed by atoms with Crippen LogP contribution in [0.3, 0.4) is 0 Å². The molecule has 8 heteroatoms. The molecule has 152 valence electrons. The van der Waals surface area contributed by atoms with E-state index < -0.39 is 11.7 Å². The van der Waals surface area contributed by atoms with Crippen molar-refractivity contribution in [2.24, 2.45) is 0 Å². The number of hydrogen-bond acceptors (Lipinski definition) is 3. The van der Waals surface area contributed by atoms with E-state index in [1.807, 2.05) is 15.7 Å². The molecule has 1 fully saturated rings. The molecule has 0 bridgehead atoms. The Balaban J connectivity index is 1.41. The zero-order valence-electron chi connectivity index (χ0n) is 15.7. The zero-order valence-corrected chi connectivity index (χ0v) is 15.7. The number of carbonyl (C=O) groups is 1. The van der Waals surface area contributed by atoms with Gasteiger partial charge in [-0.05, 0) is 37.4 Å². The third kappa shape index (κ3) is 5.58. The fraction of sp³-hybridized carbons (Fsp3) is 0.500. The molecule has 1 aliphatic rings. The Bertz CT molecular complexity index is 761. The molecule has 0 saturated carbocycles. The first-order chi connectivity index (χ1) is 13.4. The first-order valence-corrected chi connectivity index (χ1v) is 9.55. The molecule has 0 aliphatic carbocycles. The van der Waals surface area contributed by atoms with E-state index in [4.69, 9.17) is 0 Å². The van der Waals surface area contributed by atoms with Gasteiger partial charge in [0.15, 0.2) is 0 Å². The minimum Gasteiger partial charge on any atom is -0.340 e. The largest absolute Gasteiger partial charge is 0.416 e. The number of imidazole rings is 1. The van der Waals surface area contributed by atoms with E-state index in [0.717, 1.165) is 38.4 Å². The molecule has 0 spiro atoms. The molecule has 2 heterocycles. The number of benzene rings is 1. The smallest absolute Gasteiger partial charge is 0.340 e. The Morgan fingerprint density at radius 3 is 2.86 bits per heavy atom. The standard InChI is InChI=1S/C20H25F3N4O/c21-20(22,23)17-4-1-3-16(13-17)14-24-8-7-18-5-6-19(28)27(18)11-2-10-26-12-9-25-15-26/h1,3-4,9,12-13,15,18,24H,2,5-8,10-11,14H2. The third-order valence-electron chi connectivity index (χ3n) is 5.06. The molecule has 1 amide bonds. The summed E-state index contributed by atoms with van der Waals surface area (Å²) in [6.45, 7) is 2.58. The number of hydrogen-bond donors (Lipinski definition) is 1. The van der Waals surface area contributed by atoms with Gasteiger partial charge in [0, 0.05) is 44.5 Å². The fourth-order valence-corrected chi connectivity index (χ4v) is 3.60. The van der Waals surface area contributed by atoms with Gasteiger partial charge in [-0.2, -0.15) is 13.2 Å². The number of alkyl halides is 3. The third-order valence-corrected chi connectivity index (χ3v) is 5.06. The van der Waals surface area contributed by atoms with Gasteiger partial charge >= 0.3 is 6.18 Å². The van der Waals surface area contributed by atoms with Crippen molar-refractivity contribution in [1.82, 2.24) is 19.8 Å². The van der Waals surface area contributed by atoms with Crippen molar-refractivity contribution < 1.29 is 18.0 Å². The van der Waals surface area contributed by atoms with Gasteiger partial charge in [-0.15, -0.1) is 0 Å². The summed E-state index contributed by atoms with van der Waals surface area (Å²) in [7, 11) is 0. The second-order valence-electron chi connectivity index (χ2n) is 7.10. The highest BCUT2D eigenvalue weighted by Crippen LogP contribution is 2.29. The fourth-order valence-electron chi connectivity index (χ4n) is 3.60. The Morgan fingerprint density at radius 1 is 1.25 bits per heavy atom. The minimum atomic E-state index is -4.32. The van der Waals surface area contributed by atoms with Crippen LogP contribution in [0.15, 0.2) is 43.0 Å². The van der Waals surface area contributed by atoms with Crippen molar-refractivity contribution in [1.29, 1.82) is 0 Å². The van der Waals surface area contributed by atoms with Gasteiger partial charge in [-0.1, -0.05) is 18.2 Å². The predicted octanol–water partition coefficient (Wildman–Crippen LogP) is 3.46. The second kappa shape index (κ2) is 9.23. The van der Waals surface area contributed by atoms with Gasteiger partial charge in [-0.25, -0.2) is 4.98 Å². The number of rotatable bonds is 9. The summed E-state index contributed by atoms with van der Waals surface area (Å²) in [5.74, 6) is 0.188. The highest BCUT2D eigenvalue weighted by atomic mass is 19.4. The maximum Gasteiger partial charge on any atom is 0.416 e. The SMILES string of the molecule is O=C1CCC(CCNCc2cccc(C(F)(F)F)c2)N1CCCn1ccnc1. The van der Waals surface area contributed by atoms with Crippen molar-refractivity contribution in [2.75, 3.05) is 13.1 Å². The molecule has 1 aromatic carbocycles. The van der Waals surface area contributed by atoms with Gasteiger partial charge in [0.05, 0.1) is 11.9 Å². The van der Waals surface area contributed by atoms with Crippen molar-refractivity contribution >= 4 is 5.91 Å². The van der Waals surface area contributed by atoms with Crippen molar-refractivity contribution in [3.05, 3.63) is 54.1 Å². The van der Waals surface area contributed by atoms with Crippen molar-refractivity contribution in [2.45, 2.75) is 51.0 Å². The molecule has 0 radical (unpaired) electrons. The van der Waals surface area contributed by atoms with Crippen LogP contribution in [0.1, 0.15) is 36.8 Å². The quantitative estimate of drug-likeness (QED) is 0.663. The maximum atomic E-state index is 12.8. The van der Waals surface area contributed by atoms with E-state index in [1.54, 1.807) is 18.6 Å². The van der Waals surface area contributed by atoms with Crippen molar-refractivity contribution in [3.63, 3.8) is 0 Å². The molecule has 5 nitrogen and oxygen atoms in total. The lowest BCUT2D eigenvalue weighted by Gasteiger charge is -2.25. The maximum absolute atomic E-state index is 12.8. The molecule has 1 aliphatic heterocycles. The molecular weight excluding hydrogens is 369 g/mol. The highest BCUT2D eigenvalue weighted by Gasteiger charge is 2.31. The lowest BCUT2D eigenvalue weighted by Crippen LogP contribution is -2.36. The van der Waals surface area contributed by atoms with Crippen LogP contribution < -0.4 is 5.32 Å². The van der Waals surface area contributed by atoms with Crippen molar-refractivity contribution in [3.8, 4) is 0 Å². The molecule has 1 saturated heterocycles. The van der Waals surface area contributed by atoms with Gasteiger partial charge in [0.1, 0.15) is 0 Å².